The molecule has 0 saturated heterocycles. The van der Waals surface area contributed by atoms with Crippen LogP contribution in [-0.4, -0.2) is 39.7 Å². The monoisotopic (exact) mass is 543 g/mol. The second-order valence-electron chi connectivity index (χ2n) is 7.31. The molecule has 3 aromatic rings. The molecule has 3 aromatic carbocycles. The summed E-state index contributed by atoms with van der Waals surface area (Å²) in [5.74, 6) is -0.637. The number of rotatable bonds is 9. The highest BCUT2D eigenvalue weighted by Gasteiger charge is 2.20. The van der Waals surface area contributed by atoms with E-state index in [1.165, 1.54) is 37.4 Å². The van der Waals surface area contributed by atoms with Crippen molar-refractivity contribution >= 4 is 51.4 Å². The van der Waals surface area contributed by atoms with E-state index >= 15 is 0 Å². The highest BCUT2D eigenvalue weighted by molar-refractivity contribution is 7.91. The van der Waals surface area contributed by atoms with E-state index in [1.807, 2.05) is 6.07 Å². The minimum absolute atomic E-state index is 0. The fourth-order valence-electron chi connectivity index (χ4n) is 3.21. The zero-order chi connectivity index (χ0) is 24.0. The Morgan fingerprint density at radius 3 is 2.32 bits per heavy atom. The van der Waals surface area contributed by atoms with Crippen molar-refractivity contribution in [2.45, 2.75) is 22.3 Å². The Bertz CT molecular complexity index is 1230. The van der Waals surface area contributed by atoms with Crippen LogP contribution in [0.3, 0.4) is 0 Å². The summed E-state index contributed by atoms with van der Waals surface area (Å²) in [5, 5.41) is 14.0. The summed E-state index contributed by atoms with van der Waals surface area (Å²) in [6, 6.07) is 17.5. The molecule has 2 N–H and O–H groups in total. The maximum absolute atomic E-state index is 12.9. The number of carbonyl (C=O) groups is 1. The normalized spacial score (nSPS) is 12.0. The highest BCUT2D eigenvalue weighted by atomic mass is 35.5. The summed E-state index contributed by atoms with van der Waals surface area (Å²) in [5.41, 5.74) is 1.78. The average Bonchev–Trinajstić information content (AvgIpc) is 2.81. The predicted octanol–water partition coefficient (Wildman–Crippen LogP) is 4.90. The third-order valence-electron chi connectivity index (χ3n) is 5.05. The number of methoxy groups -OCH3 is 1. The number of esters is 1. The topological polar surface area (TPSA) is 92.7 Å². The van der Waals surface area contributed by atoms with Crippen molar-refractivity contribution in [3.63, 3.8) is 0 Å². The zero-order valence-electron chi connectivity index (χ0n) is 18.2. The average molecular weight is 545 g/mol. The molecule has 0 amide bonds. The molecular formula is C24H24Cl3NO5S. The first-order valence-corrected chi connectivity index (χ1v) is 12.3. The molecule has 0 bridgehead atoms. The standard InChI is InChI=1S/C24H23Cl2NO5S.ClH/c1-32-24(29)21-10-9-20(14-22(21)26)33(30,31)19-7-5-16(6-8-19)11-12-27-15-23(28)17-3-2-4-18(25)13-17;/h2-10,13-14,23,27-28H,11-12,15H2,1H3;1H/t23-;/m1./s1. The summed E-state index contributed by atoms with van der Waals surface area (Å²) >= 11 is 12.0. The van der Waals surface area contributed by atoms with Gasteiger partial charge in [0.1, 0.15) is 0 Å². The van der Waals surface area contributed by atoms with E-state index in [9.17, 15) is 18.3 Å². The molecule has 0 aliphatic rings. The number of hydrogen-bond donors (Lipinski definition) is 2. The van der Waals surface area contributed by atoms with Gasteiger partial charge in [-0.3, -0.25) is 0 Å². The fourth-order valence-corrected chi connectivity index (χ4v) is 5.02. The second kappa shape index (κ2) is 12.5. The lowest BCUT2D eigenvalue weighted by atomic mass is 10.1. The van der Waals surface area contributed by atoms with Crippen molar-refractivity contribution in [1.82, 2.24) is 5.32 Å². The number of ether oxygens (including phenoxy) is 1. The Hall–Kier alpha value is -2.13. The van der Waals surface area contributed by atoms with E-state index in [1.54, 1.807) is 30.3 Å². The largest absolute Gasteiger partial charge is 0.465 e. The number of benzene rings is 3. The van der Waals surface area contributed by atoms with Crippen molar-refractivity contribution in [3.05, 3.63) is 93.5 Å². The van der Waals surface area contributed by atoms with E-state index in [-0.39, 0.29) is 32.8 Å². The van der Waals surface area contributed by atoms with Crippen LogP contribution in [0, 0.1) is 0 Å². The molecule has 34 heavy (non-hydrogen) atoms. The van der Waals surface area contributed by atoms with Crippen molar-refractivity contribution in [1.29, 1.82) is 0 Å². The van der Waals surface area contributed by atoms with Gasteiger partial charge in [-0.05, 0) is 66.6 Å². The summed E-state index contributed by atoms with van der Waals surface area (Å²) in [4.78, 5) is 11.8. The first-order valence-electron chi connectivity index (χ1n) is 10.1. The molecule has 3 rings (SSSR count). The van der Waals surface area contributed by atoms with Crippen LogP contribution in [0.15, 0.2) is 76.5 Å². The van der Waals surface area contributed by atoms with E-state index in [2.05, 4.69) is 10.1 Å². The minimum atomic E-state index is -3.79. The third-order valence-corrected chi connectivity index (χ3v) is 7.37. The second-order valence-corrected chi connectivity index (χ2v) is 10.1. The van der Waals surface area contributed by atoms with Crippen LogP contribution < -0.4 is 5.32 Å². The van der Waals surface area contributed by atoms with Gasteiger partial charge in [0.25, 0.3) is 0 Å². The van der Waals surface area contributed by atoms with Crippen LogP contribution in [0.1, 0.15) is 27.6 Å². The lowest BCUT2D eigenvalue weighted by Crippen LogP contribution is -2.23. The van der Waals surface area contributed by atoms with Gasteiger partial charge in [-0.2, -0.15) is 0 Å². The van der Waals surface area contributed by atoms with E-state index in [4.69, 9.17) is 23.2 Å². The van der Waals surface area contributed by atoms with Gasteiger partial charge < -0.3 is 15.2 Å². The van der Waals surface area contributed by atoms with Crippen LogP contribution in [0.2, 0.25) is 10.0 Å². The number of sulfone groups is 1. The van der Waals surface area contributed by atoms with Gasteiger partial charge in [0, 0.05) is 11.6 Å². The maximum atomic E-state index is 12.9. The van der Waals surface area contributed by atoms with Gasteiger partial charge in [-0.1, -0.05) is 47.5 Å². The smallest absolute Gasteiger partial charge is 0.339 e. The maximum Gasteiger partial charge on any atom is 0.339 e. The van der Waals surface area contributed by atoms with E-state index in [0.29, 0.717) is 24.5 Å². The summed E-state index contributed by atoms with van der Waals surface area (Å²) in [6.07, 6.45) is -0.0176. The zero-order valence-corrected chi connectivity index (χ0v) is 21.3. The Morgan fingerprint density at radius 1 is 1.03 bits per heavy atom. The van der Waals surface area contributed by atoms with Gasteiger partial charge in [0.05, 0.1) is 33.6 Å². The van der Waals surface area contributed by atoms with Crippen molar-refractivity contribution < 1.29 is 23.1 Å². The summed E-state index contributed by atoms with van der Waals surface area (Å²) < 4.78 is 30.5. The van der Waals surface area contributed by atoms with Crippen LogP contribution in [0.4, 0.5) is 0 Å². The van der Waals surface area contributed by atoms with Gasteiger partial charge in [-0.25, -0.2) is 13.2 Å². The number of carbonyl (C=O) groups excluding carboxylic acids is 1. The summed E-state index contributed by atoms with van der Waals surface area (Å²) in [6.45, 7) is 0.976. The molecular weight excluding hydrogens is 521 g/mol. The van der Waals surface area contributed by atoms with E-state index < -0.39 is 21.9 Å². The van der Waals surface area contributed by atoms with Crippen molar-refractivity contribution in [2.24, 2.45) is 0 Å². The molecule has 1 atom stereocenters. The number of aliphatic hydroxyl groups excluding tert-OH is 1. The fraction of sp³-hybridized carbons (Fsp3) is 0.208. The highest BCUT2D eigenvalue weighted by Crippen LogP contribution is 2.26. The number of nitrogens with one attached hydrogen (secondary N) is 1. The Balaban J connectivity index is 0.00000408. The lowest BCUT2D eigenvalue weighted by Gasteiger charge is -2.13. The van der Waals surface area contributed by atoms with Crippen LogP contribution in [-0.2, 0) is 21.0 Å². The summed E-state index contributed by atoms with van der Waals surface area (Å²) in [7, 11) is -2.57. The van der Waals surface area contributed by atoms with Gasteiger partial charge >= 0.3 is 5.97 Å². The molecule has 10 heteroatoms. The molecule has 0 heterocycles. The van der Waals surface area contributed by atoms with Crippen LogP contribution in [0.5, 0.6) is 0 Å². The molecule has 0 spiro atoms. The molecule has 0 aliphatic carbocycles. The Morgan fingerprint density at radius 2 is 1.71 bits per heavy atom. The number of hydrogen-bond acceptors (Lipinski definition) is 6. The molecule has 0 fully saturated rings. The Labute approximate surface area is 215 Å². The van der Waals surface area contributed by atoms with Crippen molar-refractivity contribution in [2.75, 3.05) is 20.2 Å². The molecule has 182 valence electrons. The van der Waals surface area contributed by atoms with Gasteiger partial charge in [0.15, 0.2) is 0 Å². The van der Waals surface area contributed by atoms with Gasteiger partial charge in [0.2, 0.25) is 9.84 Å². The number of halogens is 3. The first kappa shape index (κ1) is 28.1. The molecule has 0 unspecified atom stereocenters. The molecule has 0 aromatic heterocycles. The van der Waals surface area contributed by atoms with Gasteiger partial charge in [-0.15, -0.1) is 12.4 Å². The predicted molar refractivity (Wildman–Crippen MR) is 135 cm³/mol. The molecule has 0 radical (unpaired) electrons. The molecule has 0 aliphatic heterocycles. The molecule has 6 nitrogen and oxygen atoms in total. The minimum Gasteiger partial charge on any atom is -0.465 e. The van der Waals surface area contributed by atoms with Crippen molar-refractivity contribution in [3.8, 4) is 0 Å². The molecule has 0 saturated carbocycles. The van der Waals surface area contributed by atoms with E-state index in [0.717, 1.165) is 11.1 Å². The third kappa shape index (κ3) is 6.95. The quantitative estimate of drug-likeness (QED) is 0.294. The number of aliphatic hydroxyl groups is 1. The first-order chi connectivity index (χ1) is 15.7. The lowest BCUT2D eigenvalue weighted by molar-refractivity contribution is 0.0601. The Kier molecular flexibility index (Phi) is 10.4. The SMILES string of the molecule is COC(=O)c1ccc(S(=O)(=O)c2ccc(CCNC[C@@H](O)c3cccc(Cl)c3)cc2)cc1Cl.Cl. The van der Waals surface area contributed by atoms with Crippen LogP contribution >= 0.6 is 35.6 Å². The van der Waals surface area contributed by atoms with Crippen LogP contribution in [0.25, 0.3) is 0 Å².